The zero-order valence-electron chi connectivity index (χ0n) is 21.2. The van der Waals surface area contributed by atoms with Crippen LogP contribution in [0, 0.1) is 10.1 Å². The molecule has 0 aliphatic carbocycles. The van der Waals surface area contributed by atoms with Gasteiger partial charge in [0.25, 0.3) is 11.6 Å². The minimum absolute atomic E-state index is 0.0692. The number of nitro benzene ring substituents is 1. The van der Waals surface area contributed by atoms with Gasteiger partial charge in [-0.2, -0.15) is 0 Å². The number of fused-ring (bicyclic) bond motifs is 1. The molecule has 1 saturated heterocycles. The van der Waals surface area contributed by atoms with E-state index in [1.54, 1.807) is 21.9 Å². The lowest BCUT2D eigenvalue weighted by Gasteiger charge is -2.40. The van der Waals surface area contributed by atoms with E-state index in [2.05, 4.69) is 6.92 Å². The van der Waals surface area contributed by atoms with Gasteiger partial charge in [-0.1, -0.05) is 38.0 Å². The van der Waals surface area contributed by atoms with E-state index in [1.165, 1.54) is 6.07 Å². The predicted molar refractivity (Wildman–Crippen MR) is 140 cm³/mol. The van der Waals surface area contributed by atoms with E-state index < -0.39 is 4.92 Å². The minimum Gasteiger partial charge on any atom is -0.444 e. The largest absolute Gasteiger partial charge is 0.444 e. The van der Waals surface area contributed by atoms with Crippen molar-refractivity contribution in [1.29, 1.82) is 0 Å². The summed E-state index contributed by atoms with van der Waals surface area (Å²) < 4.78 is 5.37. The van der Waals surface area contributed by atoms with Crippen LogP contribution in [0.3, 0.4) is 0 Å². The number of unbranched alkanes of at least 4 members (excludes halogenated alkanes) is 2. The summed E-state index contributed by atoms with van der Waals surface area (Å²) in [5.74, 6) is -0.319. The number of hydrogen-bond donors (Lipinski definition) is 1. The molecule has 198 valence electrons. The number of rotatable bonds is 10. The van der Waals surface area contributed by atoms with Crippen molar-refractivity contribution < 1.29 is 24.4 Å². The maximum atomic E-state index is 13.1. The van der Waals surface area contributed by atoms with E-state index in [4.69, 9.17) is 4.74 Å². The number of anilines is 2. The fourth-order valence-corrected chi connectivity index (χ4v) is 5.13. The third-order valence-corrected chi connectivity index (χ3v) is 7.08. The Labute approximate surface area is 216 Å². The van der Waals surface area contributed by atoms with Crippen molar-refractivity contribution in [3.63, 3.8) is 0 Å². The van der Waals surface area contributed by atoms with Gasteiger partial charge in [-0.3, -0.25) is 19.8 Å². The number of ether oxygens (including phenoxy) is 1. The maximum absolute atomic E-state index is 13.1. The number of nitrogens with zero attached hydrogens (tertiary/aromatic N) is 4. The summed E-state index contributed by atoms with van der Waals surface area (Å²) in [6.45, 7) is 3.90. The number of benzene rings is 2. The molecule has 0 unspecified atom stereocenters. The molecule has 10 heteroatoms. The molecule has 0 spiro atoms. The summed E-state index contributed by atoms with van der Waals surface area (Å²) in [4.78, 5) is 42.4. The van der Waals surface area contributed by atoms with Crippen LogP contribution in [-0.4, -0.2) is 65.8 Å². The highest BCUT2D eigenvalue weighted by molar-refractivity contribution is 5.96. The first-order valence-electron chi connectivity index (χ1n) is 12.9. The molecule has 0 aromatic heterocycles. The number of cyclic esters (lactones) is 1. The Morgan fingerprint density at radius 2 is 1.89 bits per heavy atom. The third-order valence-electron chi connectivity index (χ3n) is 7.08. The van der Waals surface area contributed by atoms with Crippen molar-refractivity contribution in [1.82, 2.24) is 4.90 Å². The van der Waals surface area contributed by atoms with E-state index in [-0.39, 0.29) is 49.1 Å². The molecule has 1 fully saturated rings. The number of aliphatic hydroxyl groups excluding tert-OH is 1. The predicted octanol–water partition coefficient (Wildman–Crippen LogP) is 4.35. The average molecular weight is 511 g/mol. The monoisotopic (exact) mass is 510 g/mol. The number of hydrogen-bond acceptors (Lipinski definition) is 7. The zero-order chi connectivity index (χ0) is 26.4. The molecule has 1 N–H and O–H groups in total. The number of piperidine rings is 1. The fourth-order valence-electron chi connectivity index (χ4n) is 5.13. The van der Waals surface area contributed by atoms with Crippen molar-refractivity contribution in [2.45, 2.75) is 51.7 Å². The normalized spacial score (nSPS) is 15.8. The summed E-state index contributed by atoms with van der Waals surface area (Å²) in [6.07, 6.45) is 3.67. The number of carbonyl (C=O) groups is 2. The highest BCUT2D eigenvalue weighted by Gasteiger charge is 2.35. The van der Waals surface area contributed by atoms with Crippen molar-refractivity contribution >= 4 is 29.1 Å². The molecule has 2 aliphatic rings. The molecule has 37 heavy (non-hydrogen) atoms. The second-order valence-corrected chi connectivity index (χ2v) is 9.46. The van der Waals surface area contributed by atoms with Crippen molar-refractivity contribution in [3.8, 4) is 0 Å². The summed E-state index contributed by atoms with van der Waals surface area (Å²) in [5.41, 5.74) is 2.40. The quantitative estimate of drug-likeness (QED) is 0.287. The lowest BCUT2D eigenvalue weighted by atomic mass is 9.99. The van der Waals surface area contributed by atoms with Crippen LogP contribution >= 0.6 is 0 Å². The lowest BCUT2D eigenvalue weighted by Crippen LogP contribution is -2.49. The Hall–Kier alpha value is -3.66. The van der Waals surface area contributed by atoms with Crippen LogP contribution in [0.2, 0.25) is 0 Å². The number of carbonyl (C=O) groups excluding carboxylic acids is 2. The molecule has 2 aromatic carbocycles. The van der Waals surface area contributed by atoms with Crippen LogP contribution in [0.15, 0.2) is 42.5 Å². The van der Waals surface area contributed by atoms with E-state index in [0.29, 0.717) is 38.2 Å². The summed E-state index contributed by atoms with van der Waals surface area (Å²) in [7, 11) is 0. The Morgan fingerprint density at radius 1 is 1.14 bits per heavy atom. The van der Waals surface area contributed by atoms with Gasteiger partial charge in [0.2, 0.25) is 0 Å². The highest BCUT2D eigenvalue weighted by atomic mass is 16.6. The molecule has 0 radical (unpaired) electrons. The topological polar surface area (TPSA) is 116 Å². The molecule has 4 rings (SSSR count). The molecular weight excluding hydrogens is 476 g/mol. The summed E-state index contributed by atoms with van der Waals surface area (Å²) in [6, 6.07) is 12.2. The van der Waals surface area contributed by atoms with Crippen LogP contribution in [0.4, 0.5) is 21.9 Å². The molecule has 2 aromatic rings. The first kappa shape index (κ1) is 26.4. The standard InChI is InChI=1S/C27H34N4O6/c1-2-3-6-13-29(16-17-32)26(33)20-9-10-24(25(18-20)31(35)36)28-14-11-22(12-15-28)30-23-8-5-4-7-21(23)19-37-27(30)34/h4-5,7-10,18,22,32H,2-3,6,11-17,19H2,1H3. The van der Waals surface area contributed by atoms with Crippen molar-refractivity contribution in [2.24, 2.45) is 0 Å². The van der Waals surface area contributed by atoms with Crippen LogP contribution < -0.4 is 9.80 Å². The molecule has 2 amide bonds. The Kier molecular flexibility index (Phi) is 8.60. The number of para-hydroxylation sites is 1. The lowest BCUT2D eigenvalue weighted by molar-refractivity contribution is -0.384. The molecular formula is C27H34N4O6. The van der Waals surface area contributed by atoms with Gasteiger partial charge in [0.05, 0.1) is 17.2 Å². The van der Waals surface area contributed by atoms with Gasteiger partial charge in [-0.25, -0.2) is 4.79 Å². The fraction of sp³-hybridized carbons (Fsp3) is 0.481. The second kappa shape index (κ2) is 12.1. The van der Waals surface area contributed by atoms with Crippen LogP contribution in [0.1, 0.15) is 54.9 Å². The average Bonchev–Trinajstić information content (AvgIpc) is 2.92. The Morgan fingerprint density at radius 3 is 2.59 bits per heavy atom. The number of nitro groups is 1. The van der Waals surface area contributed by atoms with Crippen molar-refractivity contribution in [2.75, 3.05) is 42.6 Å². The van der Waals surface area contributed by atoms with Gasteiger partial charge < -0.3 is 19.6 Å². The molecule has 10 nitrogen and oxygen atoms in total. The van der Waals surface area contributed by atoms with E-state index >= 15 is 0 Å². The smallest absolute Gasteiger partial charge is 0.414 e. The molecule has 2 aliphatic heterocycles. The molecule has 0 bridgehead atoms. The summed E-state index contributed by atoms with van der Waals surface area (Å²) in [5, 5.41) is 21.4. The molecule has 2 heterocycles. The third kappa shape index (κ3) is 5.85. The SMILES string of the molecule is CCCCCN(CCO)C(=O)c1ccc(N2CCC(N3C(=O)OCc4ccccc43)CC2)c([N+](=O)[O-])c1. The van der Waals surface area contributed by atoms with Gasteiger partial charge in [0.1, 0.15) is 12.3 Å². The Bertz CT molecular complexity index is 1130. The first-order valence-corrected chi connectivity index (χ1v) is 12.9. The van der Waals surface area contributed by atoms with Gasteiger partial charge in [-0.05, 0) is 37.5 Å². The maximum Gasteiger partial charge on any atom is 0.414 e. The molecule has 0 atom stereocenters. The minimum atomic E-state index is -0.454. The van der Waals surface area contributed by atoms with E-state index in [1.807, 2.05) is 29.2 Å². The van der Waals surface area contributed by atoms with E-state index in [0.717, 1.165) is 30.5 Å². The molecule has 0 saturated carbocycles. The van der Waals surface area contributed by atoms with E-state index in [9.17, 15) is 24.8 Å². The van der Waals surface area contributed by atoms with Crippen LogP contribution in [0.5, 0.6) is 0 Å². The Balaban J connectivity index is 1.49. The number of amides is 2. The van der Waals surface area contributed by atoms with Gasteiger partial charge in [0, 0.05) is 49.4 Å². The van der Waals surface area contributed by atoms with Gasteiger partial charge in [-0.15, -0.1) is 0 Å². The summed E-state index contributed by atoms with van der Waals surface area (Å²) >= 11 is 0. The zero-order valence-corrected chi connectivity index (χ0v) is 21.2. The van der Waals surface area contributed by atoms with Gasteiger partial charge in [0.15, 0.2) is 0 Å². The second-order valence-electron chi connectivity index (χ2n) is 9.46. The van der Waals surface area contributed by atoms with Crippen LogP contribution in [-0.2, 0) is 11.3 Å². The van der Waals surface area contributed by atoms with Gasteiger partial charge >= 0.3 is 6.09 Å². The number of aliphatic hydroxyl groups is 1. The van der Waals surface area contributed by atoms with Crippen molar-refractivity contribution in [3.05, 3.63) is 63.7 Å². The highest BCUT2D eigenvalue weighted by Crippen LogP contribution is 2.35. The first-order chi connectivity index (χ1) is 17.9. The van der Waals surface area contributed by atoms with Crippen LogP contribution in [0.25, 0.3) is 0 Å².